The largest absolute Gasteiger partial charge is 0.490 e. The van der Waals surface area contributed by atoms with Crippen molar-refractivity contribution in [1.29, 1.82) is 0 Å². The molecule has 1 aliphatic heterocycles. The van der Waals surface area contributed by atoms with Gasteiger partial charge in [-0.05, 0) is 36.8 Å². The molecule has 18 heavy (non-hydrogen) atoms. The Bertz CT molecular complexity index is 477. The number of aliphatic carboxylic acids is 1. The summed E-state index contributed by atoms with van der Waals surface area (Å²) < 4.78 is 5.89. The van der Waals surface area contributed by atoms with E-state index < -0.39 is 5.97 Å². The lowest BCUT2D eigenvalue weighted by atomic mass is 9.89. The third-order valence-corrected chi connectivity index (χ3v) is 3.94. The summed E-state index contributed by atoms with van der Waals surface area (Å²) in [5.74, 6) is 0.911. The molecule has 3 rings (SSSR count). The Hall–Kier alpha value is -1.51. The molecule has 0 amide bonds. The van der Waals surface area contributed by atoms with Crippen molar-refractivity contribution in [3.63, 3.8) is 0 Å². The lowest BCUT2D eigenvalue weighted by molar-refractivity contribution is -0.137. The highest BCUT2D eigenvalue weighted by Gasteiger charge is 2.37. The van der Waals surface area contributed by atoms with Crippen molar-refractivity contribution in [2.24, 2.45) is 5.92 Å². The molecule has 0 spiro atoms. The number of fused-ring (bicyclic) bond motifs is 1. The minimum atomic E-state index is -0.712. The average molecular weight is 246 g/mol. The fraction of sp³-hybridized carbons (Fsp3) is 0.533. The predicted octanol–water partition coefficient (Wildman–Crippen LogP) is 2.98. The van der Waals surface area contributed by atoms with Gasteiger partial charge in [0.05, 0.1) is 6.42 Å². The van der Waals surface area contributed by atoms with Crippen molar-refractivity contribution < 1.29 is 14.6 Å². The molecule has 1 aromatic rings. The molecule has 3 heteroatoms. The molecule has 1 aromatic carbocycles. The number of ether oxygens (including phenoxy) is 1. The standard InChI is InChI=1S/C15H18O3/c1-9-7-11-3-2-4-12(15(11)18-9)13(8-14(16)17)10-5-6-10/h2-4,9-10,13H,5-8H2,1H3,(H,16,17). The summed E-state index contributed by atoms with van der Waals surface area (Å²) in [6, 6.07) is 6.17. The molecule has 1 saturated carbocycles. The number of para-hydroxylation sites is 1. The lowest BCUT2D eigenvalue weighted by Crippen LogP contribution is -2.11. The van der Waals surface area contributed by atoms with Crippen molar-refractivity contribution in [3.8, 4) is 5.75 Å². The van der Waals surface area contributed by atoms with E-state index in [4.69, 9.17) is 9.84 Å². The molecule has 2 aliphatic rings. The summed E-state index contributed by atoms with van der Waals surface area (Å²) in [5.41, 5.74) is 2.35. The minimum absolute atomic E-state index is 0.128. The smallest absolute Gasteiger partial charge is 0.303 e. The van der Waals surface area contributed by atoms with Gasteiger partial charge in [-0.1, -0.05) is 18.2 Å². The lowest BCUT2D eigenvalue weighted by Gasteiger charge is -2.18. The van der Waals surface area contributed by atoms with Crippen LogP contribution in [-0.2, 0) is 11.2 Å². The molecule has 2 atom stereocenters. The van der Waals surface area contributed by atoms with Crippen LogP contribution in [0.2, 0.25) is 0 Å². The first-order valence-electron chi connectivity index (χ1n) is 6.65. The SMILES string of the molecule is CC1Cc2cccc(C(CC(=O)O)C3CC3)c2O1. The summed E-state index contributed by atoms with van der Waals surface area (Å²) in [4.78, 5) is 11.0. The summed E-state index contributed by atoms with van der Waals surface area (Å²) in [7, 11) is 0. The van der Waals surface area contributed by atoms with Gasteiger partial charge < -0.3 is 9.84 Å². The molecule has 0 radical (unpaired) electrons. The second kappa shape index (κ2) is 4.30. The third-order valence-electron chi connectivity index (χ3n) is 3.94. The van der Waals surface area contributed by atoms with Gasteiger partial charge >= 0.3 is 5.97 Å². The molecular formula is C15H18O3. The highest BCUT2D eigenvalue weighted by Crippen LogP contribution is 2.48. The highest BCUT2D eigenvalue weighted by molar-refractivity contribution is 5.68. The number of rotatable bonds is 4. The molecule has 96 valence electrons. The maximum absolute atomic E-state index is 11.0. The molecule has 1 heterocycles. The molecular weight excluding hydrogens is 228 g/mol. The second-order valence-electron chi connectivity index (χ2n) is 5.51. The van der Waals surface area contributed by atoms with Gasteiger partial charge in [-0.3, -0.25) is 4.79 Å². The predicted molar refractivity (Wildman–Crippen MR) is 68.0 cm³/mol. The second-order valence-corrected chi connectivity index (χ2v) is 5.51. The van der Waals surface area contributed by atoms with Gasteiger partial charge in [0.15, 0.2) is 0 Å². The fourth-order valence-electron chi connectivity index (χ4n) is 2.97. The van der Waals surface area contributed by atoms with E-state index in [2.05, 4.69) is 13.0 Å². The minimum Gasteiger partial charge on any atom is -0.490 e. The molecule has 0 bridgehead atoms. The first-order valence-corrected chi connectivity index (χ1v) is 6.65. The maximum atomic E-state index is 11.0. The molecule has 2 unspecified atom stereocenters. The number of carboxylic acids is 1. The first-order chi connectivity index (χ1) is 8.65. The van der Waals surface area contributed by atoms with E-state index in [9.17, 15) is 4.79 Å². The fourth-order valence-corrected chi connectivity index (χ4v) is 2.97. The normalized spacial score (nSPS) is 23.3. The van der Waals surface area contributed by atoms with E-state index in [-0.39, 0.29) is 18.4 Å². The highest BCUT2D eigenvalue weighted by atomic mass is 16.5. The van der Waals surface area contributed by atoms with Crippen LogP contribution in [0.1, 0.15) is 43.2 Å². The number of hydrogen-bond donors (Lipinski definition) is 1. The van der Waals surface area contributed by atoms with Crippen molar-refractivity contribution in [2.75, 3.05) is 0 Å². The molecule has 1 N–H and O–H groups in total. The van der Waals surface area contributed by atoms with Crippen LogP contribution in [-0.4, -0.2) is 17.2 Å². The van der Waals surface area contributed by atoms with Crippen molar-refractivity contribution in [3.05, 3.63) is 29.3 Å². The van der Waals surface area contributed by atoms with Gasteiger partial charge in [-0.15, -0.1) is 0 Å². The molecule has 0 aromatic heterocycles. The van der Waals surface area contributed by atoms with Crippen LogP contribution in [0.25, 0.3) is 0 Å². The zero-order chi connectivity index (χ0) is 12.7. The number of hydrogen-bond acceptors (Lipinski definition) is 2. The Balaban J connectivity index is 1.95. The van der Waals surface area contributed by atoms with Crippen LogP contribution in [0, 0.1) is 5.92 Å². The van der Waals surface area contributed by atoms with Crippen LogP contribution in [0.3, 0.4) is 0 Å². The Morgan fingerprint density at radius 2 is 2.28 bits per heavy atom. The van der Waals surface area contributed by atoms with Crippen molar-refractivity contribution in [2.45, 2.75) is 44.6 Å². The topological polar surface area (TPSA) is 46.5 Å². The van der Waals surface area contributed by atoms with E-state index >= 15 is 0 Å². The van der Waals surface area contributed by atoms with Crippen LogP contribution in [0.15, 0.2) is 18.2 Å². The molecule has 3 nitrogen and oxygen atoms in total. The van der Waals surface area contributed by atoms with E-state index in [1.165, 1.54) is 5.56 Å². The maximum Gasteiger partial charge on any atom is 0.303 e. The van der Waals surface area contributed by atoms with Crippen molar-refractivity contribution in [1.82, 2.24) is 0 Å². The Morgan fingerprint density at radius 1 is 1.50 bits per heavy atom. The van der Waals surface area contributed by atoms with E-state index in [1.807, 2.05) is 12.1 Å². The first kappa shape index (κ1) is 11.6. The number of carboxylic acid groups (broad SMARTS) is 1. The van der Waals surface area contributed by atoms with Gasteiger partial charge in [0, 0.05) is 12.3 Å². The van der Waals surface area contributed by atoms with Gasteiger partial charge in [0.2, 0.25) is 0 Å². The summed E-state index contributed by atoms with van der Waals surface area (Å²) in [6.45, 7) is 2.06. The number of benzene rings is 1. The summed E-state index contributed by atoms with van der Waals surface area (Å²) in [6.07, 6.45) is 3.67. The van der Waals surface area contributed by atoms with Crippen LogP contribution in [0.5, 0.6) is 5.75 Å². The van der Waals surface area contributed by atoms with Crippen LogP contribution >= 0.6 is 0 Å². The summed E-state index contributed by atoms with van der Waals surface area (Å²) in [5, 5.41) is 9.08. The number of carbonyl (C=O) groups is 1. The van der Waals surface area contributed by atoms with E-state index in [0.29, 0.717) is 5.92 Å². The van der Waals surface area contributed by atoms with E-state index in [1.54, 1.807) is 0 Å². The van der Waals surface area contributed by atoms with Crippen LogP contribution in [0.4, 0.5) is 0 Å². The Morgan fingerprint density at radius 3 is 2.94 bits per heavy atom. The van der Waals surface area contributed by atoms with Gasteiger partial charge in [0.1, 0.15) is 11.9 Å². The molecule has 0 saturated heterocycles. The van der Waals surface area contributed by atoms with E-state index in [0.717, 1.165) is 30.6 Å². The quantitative estimate of drug-likeness (QED) is 0.888. The molecule has 1 aliphatic carbocycles. The zero-order valence-electron chi connectivity index (χ0n) is 10.6. The summed E-state index contributed by atoms with van der Waals surface area (Å²) >= 11 is 0. The molecule has 1 fully saturated rings. The Labute approximate surface area is 107 Å². The monoisotopic (exact) mass is 246 g/mol. The van der Waals surface area contributed by atoms with Crippen LogP contribution < -0.4 is 4.74 Å². The van der Waals surface area contributed by atoms with Gasteiger partial charge in [-0.25, -0.2) is 0 Å². The van der Waals surface area contributed by atoms with Gasteiger partial charge in [0.25, 0.3) is 0 Å². The van der Waals surface area contributed by atoms with Gasteiger partial charge in [-0.2, -0.15) is 0 Å². The van der Waals surface area contributed by atoms with Crippen molar-refractivity contribution >= 4 is 5.97 Å². The zero-order valence-corrected chi connectivity index (χ0v) is 10.6. The Kier molecular flexibility index (Phi) is 2.77. The third kappa shape index (κ3) is 2.09. The average Bonchev–Trinajstić information content (AvgIpc) is 3.06.